The molecule has 1 aliphatic heterocycles. The summed E-state index contributed by atoms with van der Waals surface area (Å²) < 4.78 is 44.2. The smallest absolute Gasteiger partial charge is 0.418 e. The molecular weight excluding hydrogens is 465 g/mol. The third-order valence-corrected chi connectivity index (χ3v) is 6.37. The number of nitrogens with one attached hydrogen (secondary N) is 1. The summed E-state index contributed by atoms with van der Waals surface area (Å²) in [6, 6.07) is 10.2. The van der Waals surface area contributed by atoms with Gasteiger partial charge in [-0.1, -0.05) is 25.1 Å². The summed E-state index contributed by atoms with van der Waals surface area (Å²) in [6.45, 7) is 1.23. The van der Waals surface area contributed by atoms with Crippen molar-refractivity contribution < 1.29 is 37.1 Å². The Morgan fingerprint density at radius 3 is 2.49 bits per heavy atom. The van der Waals surface area contributed by atoms with Crippen LogP contribution in [-0.4, -0.2) is 30.3 Å². The van der Waals surface area contributed by atoms with Crippen LogP contribution in [0.2, 0.25) is 0 Å². The largest absolute Gasteiger partial charge is 0.452 e. The first-order valence-corrected chi connectivity index (χ1v) is 11.2. The minimum Gasteiger partial charge on any atom is -0.452 e. The first-order chi connectivity index (χ1) is 16.6. The number of alkyl halides is 3. The van der Waals surface area contributed by atoms with Crippen molar-refractivity contribution in [1.29, 1.82) is 0 Å². The molecule has 7 nitrogen and oxygen atoms in total. The summed E-state index contributed by atoms with van der Waals surface area (Å²) in [7, 11) is 0. The number of hydrogen-bond donors (Lipinski definition) is 1. The standard InChI is InChI=1S/C25H23F3N2O5/c1-14-9-10-17-18(11-14)23(33)30(22(17)32)16-6-4-5-15(12-16)24(34)35-13-21(31)29-20-8-3-2-7-19(20)25(26,27)28/h2-8,12,14,17-18H,9-11,13H2,1H3,(H,29,31)/t14-,17-,18-/m1/s1. The second-order valence-corrected chi connectivity index (χ2v) is 8.86. The quantitative estimate of drug-likeness (QED) is 0.497. The van der Waals surface area contributed by atoms with Crippen LogP contribution in [0.25, 0.3) is 0 Å². The highest BCUT2D eigenvalue weighted by Crippen LogP contribution is 2.42. The van der Waals surface area contributed by atoms with Crippen LogP contribution in [0, 0.1) is 17.8 Å². The Labute approximate surface area is 199 Å². The molecule has 0 radical (unpaired) electrons. The molecule has 0 aromatic heterocycles. The fraction of sp³-hybridized carbons (Fsp3) is 0.360. The van der Waals surface area contributed by atoms with E-state index in [1.807, 2.05) is 6.92 Å². The number of benzene rings is 2. The summed E-state index contributed by atoms with van der Waals surface area (Å²) in [5.41, 5.74) is -1.25. The Kier molecular flexibility index (Phi) is 6.64. The zero-order valence-corrected chi connectivity index (χ0v) is 18.8. The van der Waals surface area contributed by atoms with E-state index in [4.69, 9.17) is 4.74 Å². The Morgan fingerprint density at radius 1 is 1.03 bits per heavy atom. The van der Waals surface area contributed by atoms with Gasteiger partial charge in [0.05, 0.1) is 34.3 Å². The van der Waals surface area contributed by atoms with Gasteiger partial charge < -0.3 is 10.1 Å². The zero-order chi connectivity index (χ0) is 25.3. The van der Waals surface area contributed by atoms with E-state index >= 15 is 0 Å². The van der Waals surface area contributed by atoms with Gasteiger partial charge in [-0.05, 0) is 55.5 Å². The number of ether oxygens (including phenoxy) is 1. The minimum atomic E-state index is -4.67. The fourth-order valence-electron chi connectivity index (χ4n) is 4.66. The van der Waals surface area contributed by atoms with E-state index in [0.29, 0.717) is 18.8 Å². The van der Waals surface area contributed by atoms with Gasteiger partial charge in [-0.25, -0.2) is 4.79 Å². The van der Waals surface area contributed by atoms with Gasteiger partial charge in [0.25, 0.3) is 5.91 Å². The summed E-state index contributed by atoms with van der Waals surface area (Å²) in [4.78, 5) is 51.5. The van der Waals surface area contributed by atoms with E-state index in [9.17, 15) is 32.3 Å². The first-order valence-electron chi connectivity index (χ1n) is 11.2. The number of fused-ring (bicyclic) bond motifs is 1. The number of rotatable bonds is 5. The number of anilines is 2. The Balaban J connectivity index is 1.42. The van der Waals surface area contributed by atoms with E-state index < -0.39 is 35.9 Å². The van der Waals surface area contributed by atoms with Crippen LogP contribution in [0.3, 0.4) is 0 Å². The third kappa shape index (κ3) is 5.06. The fourth-order valence-corrected chi connectivity index (χ4v) is 4.66. The Hall–Kier alpha value is -3.69. The average Bonchev–Trinajstić information content (AvgIpc) is 3.06. The Morgan fingerprint density at radius 2 is 1.74 bits per heavy atom. The monoisotopic (exact) mass is 488 g/mol. The number of esters is 1. The second kappa shape index (κ2) is 9.52. The van der Waals surface area contributed by atoms with Crippen molar-refractivity contribution in [1.82, 2.24) is 0 Å². The van der Waals surface area contributed by atoms with E-state index in [0.717, 1.165) is 23.5 Å². The summed E-state index contributed by atoms with van der Waals surface area (Å²) >= 11 is 0. The lowest BCUT2D eigenvalue weighted by Gasteiger charge is -2.25. The van der Waals surface area contributed by atoms with Crippen molar-refractivity contribution in [3.05, 3.63) is 59.7 Å². The molecule has 2 aromatic carbocycles. The highest BCUT2D eigenvalue weighted by Gasteiger charge is 2.50. The Bertz CT molecular complexity index is 1180. The maximum Gasteiger partial charge on any atom is 0.418 e. The molecule has 2 fully saturated rings. The molecule has 35 heavy (non-hydrogen) atoms. The molecule has 4 rings (SSSR count). The highest BCUT2D eigenvalue weighted by molar-refractivity contribution is 6.22. The summed E-state index contributed by atoms with van der Waals surface area (Å²) in [5, 5.41) is 2.09. The zero-order valence-electron chi connectivity index (χ0n) is 18.8. The highest BCUT2D eigenvalue weighted by atomic mass is 19.4. The van der Waals surface area contributed by atoms with Crippen molar-refractivity contribution in [3.63, 3.8) is 0 Å². The molecule has 1 saturated carbocycles. The van der Waals surface area contributed by atoms with Gasteiger partial charge in [-0.2, -0.15) is 13.2 Å². The van der Waals surface area contributed by atoms with Crippen molar-refractivity contribution in [2.75, 3.05) is 16.8 Å². The molecule has 2 aromatic rings. The molecule has 3 amide bonds. The second-order valence-electron chi connectivity index (χ2n) is 8.86. The summed E-state index contributed by atoms with van der Waals surface area (Å²) in [6.07, 6.45) is -2.52. The average molecular weight is 488 g/mol. The molecule has 0 unspecified atom stereocenters. The third-order valence-electron chi connectivity index (χ3n) is 6.37. The number of imide groups is 1. The molecule has 184 valence electrons. The van der Waals surface area contributed by atoms with Crippen LogP contribution < -0.4 is 10.2 Å². The van der Waals surface area contributed by atoms with Crippen LogP contribution in [0.1, 0.15) is 42.1 Å². The molecule has 0 bridgehead atoms. The number of para-hydroxylation sites is 1. The molecule has 1 N–H and O–H groups in total. The number of nitrogens with zero attached hydrogens (tertiary/aromatic N) is 1. The predicted molar refractivity (Wildman–Crippen MR) is 119 cm³/mol. The maximum atomic E-state index is 13.1. The van der Waals surface area contributed by atoms with Crippen LogP contribution in [0.5, 0.6) is 0 Å². The molecule has 1 heterocycles. The molecule has 1 aliphatic carbocycles. The molecule has 1 saturated heterocycles. The topological polar surface area (TPSA) is 92.8 Å². The minimum absolute atomic E-state index is 0.00479. The normalized spacial score (nSPS) is 22.1. The van der Waals surface area contributed by atoms with Gasteiger partial charge >= 0.3 is 12.1 Å². The predicted octanol–water partition coefficient (Wildman–Crippen LogP) is 4.43. The maximum absolute atomic E-state index is 13.1. The van der Waals surface area contributed by atoms with Crippen LogP contribution in [-0.2, 0) is 25.3 Å². The van der Waals surface area contributed by atoms with E-state index in [-0.39, 0.29) is 34.9 Å². The number of carbonyl (C=O) groups is 4. The van der Waals surface area contributed by atoms with Gasteiger partial charge in [-0.3, -0.25) is 19.3 Å². The molecule has 2 aliphatic rings. The van der Waals surface area contributed by atoms with Crippen LogP contribution >= 0.6 is 0 Å². The number of amides is 3. The van der Waals surface area contributed by atoms with Crippen molar-refractivity contribution >= 4 is 35.1 Å². The molecule has 10 heteroatoms. The van der Waals surface area contributed by atoms with Crippen molar-refractivity contribution in [3.8, 4) is 0 Å². The van der Waals surface area contributed by atoms with E-state index in [1.54, 1.807) is 0 Å². The van der Waals surface area contributed by atoms with Crippen molar-refractivity contribution in [2.24, 2.45) is 17.8 Å². The van der Waals surface area contributed by atoms with E-state index in [1.165, 1.54) is 36.4 Å². The lowest BCUT2D eigenvalue weighted by Crippen LogP contribution is -2.31. The van der Waals surface area contributed by atoms with Crippen molar-refractivity contribution in [2.45, 2.75) is 32.4 Å². The molecular formula is C25H23F3N2O5. The molecule has 0 spiro atoms. The lowest BCUT2D eigenvalue weighted by molar-refractivity contribution is -0.137. The van der Waals surface area contributed by atoms with Gasteiger partial charge in [-0.15, -0.1) is 0 Å². The van der Waals surface area contributed by atoms with Gasteiger partial charge in [0.2, 0.25) is 11.8 Å². The SMILES string of the molecule is C[C@@H]1CC[C@H]2C(=O)N(c3cccc(C(=O)OCC(=O)Nc4ccccc4C(F)(F)F)c3)C(=O)[C@@H]2C1. The molecule has 3 atom stereocenters. The number of carbonyl (C=O) groups excluding carboxylic acids is 4. The van der Waals surface area contributed by atoms with Crippen LogP contribution in [0.15, 0.2) is 48.5 Å². The first kappa shape index (κ1) is 24.4. The van der Waals surface area contributed by atoms with Gasteiger partial charge in [0, 0.05) is 0 Å². The summed E-state index contributed by atoms with van der Waals surface area (Å²) in [5.74, 6) is -2.84. The number of halogens is 3. The van der Waals surface area contributed by atoms with Crippen LogP contribution in [0.4, 0.5) is 24.5 Å². The van der Waals surface area contributed by atoms with Gasteiger partial charge in [0.15, 0.2) is 6.61 Å². The number of hydrogen-bond acceptors (Lipinski definition) is 5. The van der Waals surface area contributed by atoms with Gasteiger partial charge in [0.1, 0.15) is 0 Å². The lowest BCUT2D eigenvalue weighted by atomic mass is 9.76. The van der Waals surface area contributed by atoms with E-state index in [2.05, 4.69) is 5.32 Å².